The Hall–Kier alpha value is -2.33. The second-order valence-electron chi connectivity index (χ2n) is 5.71. The summed E-state index contributed by atoms with van der Waals surface area (Å²) in [5.41, 5.74) is 3.39. The lowest BCUT2D eigenvalue weighted by molar-refractivity contribution is 0.0714. The molecule has 4 heteroatoms. The molecule has 2 aromatic carbocycles. The average Bonchev–Trinajstić information content (AvgIpc) is 3.02. The standard InChI is InChI=1S/C19H21NO3/c21-13-12-20(18-11-10-16-8-4-5-9-17(16)18)19(22)23-14-15-6-2-1-3-7-15/h1-9,18,21H,10-14H2. The van der Waals surface area contributed by atoms with Crippen molar-refractivity contribution in [3.63, 3.8) is 0 Å². The Morgan fingerprint density at radius 3 is 2.65 bits per heavy atom. The van der Waals surface area contributed by atoms with Crippen LogP contribution >= 0.6 is 0 Å². The predicted octanol–water partition coefficient (Wildman–Crippen LogP) is 3.31. The smallest absolute Gasteiger partial charge is 0.410 e. The molecule has 0 saturated carbocycles. The van der Waals surface area contributed by atoms with E-state index in [2.05, 4.69) is 12.1 Å². The molecule has 1 aliphatic carbocycles. The number of aliphatic hydroxyl groups is 1. The number of fused-ring (bicyclic) bond motifs is 1. The van der Waals surface area contributed by atoms with E-state index in [1.807, 2.05) is 42.5 Å². The zero-order valence-electron chi connectivity index (χ0n) is 13.0. The van der Waals surface area contributed by atoms with Gasteiger partial charge in [0.25, 0.3) is 0 Å². The first kappa shape index (κ1) is 15.6. The highest BCUT2D eigenvalue weighted by Gasteiger charge is 2.31. The summed E-state index contributed by atoms with van der Waals surface area (Å²) in [5.74, 6) is 0. The number of benzene rings is 2. The summed E-state index contributed by atoms with van der Waals surface area (Å²) in [6.45, 7) is 0.460. The van der Waals surface area contributed by atoms with Crippen LogP contribution < -0.4 is 0 Å². The minimum atomic E-state index is -0.371. The van der Waals surface area contributed by atoms with Crippen LogP contribution in [0.3, 0.4) is 0 Å². The second-order valence-corrected chi connectivity index (χ2v) is 5.71. The Kier molecular flexibility index (Phi) is 4.93. The van der Waals surface area contributed by atoms with Gasteiger partial charge in [0.2, 0.25) is 0 Å². The van der Waals surface area contributed by atoms with Gasteiger partial charge in [-0.25, -0.2) is 4.79 Å². The number of carbonyl (C=O) groups excluding carboxylic acids is 1. The topological polar surface area (TPSA) is 49.8 Å². The zero-order valence-corrected chi connectivity index (χ0v) is 13.0. The molecule has 0 fully saturated rings. The Balaban J connectivity index is 1.70. The normalized spacial score (nSPS) is 16.0. The highest BCUT2D eigenvalue weighted by Crippen LogP contribution is 2.35. The first-order valence-electron chi connectivity index (χ1n) is 7.95. The molecule has 0 aromatic heterocycles. The third kappa shape index (κ3) is 3.54. The van der Waals surface area contributed by atoms with Crippen molar-refractivity contribution in [3.8, 4) is 0 Å². The van der Waals surface area contributed by atoms with Crippen LogP contribution in [0, 0.1) is 0 Å². The van der Waals surface area contributed by atoms with Crippen molar-refractivity contribution in [1.82, 2.24) is 4.90 Å². The summed E-state index contributed by atoms with van der Waals surface area (Å²) in [6, 6.07) is 17.8. The van der Waals surface area contributed by atoms with Gasteiger partial charge in [-0.05, 0) is 29.5 Å². The summed E-state index contributed by atoms with van der Waals surface area (Å²) in [5, 5.41) is 9.33. The fraction of sp³-hybridized carbons (Fsp3) is 0.316. The van der Waals surface area contributed by atoms with Crippen molar-refractivity contribution in [2.24, 2.45) is 0 Å². The van der Waals surface area contributed by atoms with Crippen LogP contribution in [0.25, 0.3) is 0 Å². The summed E-state index contributed by atoms with van der Waals surface area (Å²) in [7, 11) is 0. The van der Waals surface area contributed by atoms with Gasteiger partial charge in [-0.2, -0.15) is 0 Å². The molecule has 0 radical (unpaired) electrons. The van der Waals surface area contributed by atoms with E-state index in [1.54, 1.807) is 4.90 Å². The quantitative estimate of drug-likeness (QED) is 0.921. The third-order valence-electron chi connectivity index (χ3n) is 4.26. The van der Waals surface area contributed by atoms with Crippen LogP contribution in [0.4, 0.5) is 4.79 Å². The molecular formula is C19H21NO3. The largest absolute Gasteiger partial charge is 0.445 e. The molecule has 1 unspecified atom stereocenters. The number of carbonyl (C=O) groups is 1. The highest BCUT2D eigenvalue weighted by atomic mass is 16.6. The molecule has 4 nitrogen and oxygen atoms in total. The number of aryl methyl sites for hydroxylation is 1. The predicted molar refractivity (Wildman–Crippen MR) is 87.9 cm³/mol. The second kappa shape index (κ2) is 7.29. The number of ether oxygens (including phenoxy) is 1. The maximum atomic E-state index is 12.5. The molecule has 2 aromatic rings. The summed E-state index contributed by atoms with van der Waals surface area (Å²) >= 11 is 0. The van der Waals surface area contributed by atoms with E-state index in [0.29, 0.717) is 0 Å². The fourth-order valence-electron chi connectivity index (χ4n) is 3.14. The number of amides is 1. The maximum Gasteiger partial charge on any atom is 0.410 e. The Morgan fingerprint density at radius 2 is 1.87 bits per heavy atom. The zero-order chi connectivity index (χ0) is 16.1. The van der Waals surface area contributed by atoms with Crippen LogP contribution in [0.1, 0.15) is 29.2 Å². The molecule has 0 saturated heterocycles. The minimum absolute atomic E-state index is 0.0124. The average molecular weight is 311 g/mol. The molecule has 120 valence electrons. The summed E-state index contributed by atoms with van der Waals surface area (Å²) < 4.78 is 5.45. The van der Waals surface area contributed by atoms with Gasteiger partial charge in [0, 0.05) is 6.54 Å². The summed E-state index contributed by atoms with van der Waals surface area (Å²) in [4.78, 5) is 14.1. The molecule has 1 amide bonds. The number of hydrogen-bond donors (Lipinski definition) is 1. The highest BCUT2D eigenvalue weighted by molar-refractivity contribution is 5.68. The number of nitrogens with zero attached hydrogens (tertiary/aromatic N) is 1. The van der Waals surface area contributed by atoms with Crippen molar-refractivity contribution in [3.05, 3.63) is 71.3 Å². The Bertz CT molecular complexity index is 657. The lowest BCUT2D eigenvalue weighted by Gasteiger charge is -2.28. The first-order chi connectivity index (χ1) is 11.3. The van der Waals surface area contributed by atoms with Crippen molar-refractivity contribution in [2.45, 2.75) is 25.5 Å². The van der Waals surface area contributed by atoms with E-state index < -0.39 is 0 Å². The van der Waals surface area contributed by atoms with Crippen LogP contribution in [0.15, 0.2) is 54.6 Å². The minimum Gasteiger partial charge on any atom is -0.445 e. The molecule has 1 aliphatic rings. The molecule has 0 bridgehead atoms. The van der Waals surface area contributed by atoms with Gasteiger partial charge in [-0.3, -0.25) is 4.90 Å². The molecule has 3 rings (SSSR count). The number of hydrogen-bond acceptors (Lipinski definition) is 3. The number of aliphatic hydroxyl groups excluding tert-OH is 1. The van der Waals surface area contributed by atoms with Crippen molar-refractivity contribution < 1.29 is 14.6 Å². The molecular weight excluding hydrogens is 290 g/mol. The van der Waals surface area contributed by atoms with E-state index in [-0.39, 0.29) is 31.9 Å². The molecule has 0 heterocycles. The molecule has 23 heavy (non-hydrogen) atoms. The van der Waals surface area contributed by atoms with Crippen molar-refractivity contribution in [1.29, 1.82) is 0 Å². The van der Waals surface area contributed by atoms with Gasteiger partial charge >= 0.3 is 6.09 Å². The molecule has 1 atom stereocenters. The Morgan fingerprint density at radius 1 is 1.13 bits per heavy atom. The monoisotopic (exact) mass is 311 g/mol. The van der Waals surface area contributed by atoms with Gasteiger partial charge in [-0.15, -0.1) is 0 Å². The van der Waals surface area contributed by atoms with E-state index in [0.717, 1.165) is 24.0 Å². The third-order valence-corrected chi connectivity index (χ3v) is 4.26. The maximum absolute atomic E-state index is 12.5. The van der Waals surface area contributed by atoms with Gasteiger partial charge in [0.1, 0.15) is 6.61 Å². The van der Waals surface area contributed by atoms with E-state index >= 15 is 0 Å². The molecule has 0 spiro atoms. The van der Waals surface area contributed by atoms with Crippen LogP contribution in [0.2, 0.25) is 0 Å². The van der Waals surface area contributed by atoms with E-state index in [9.17, 15) is 9.90 Å². The van der Waals surface area contributed by atoms with Gasteiger partial charge in [0.05, 0.1) is 12.6 Å². The Labute approximate surface area is 136 Å². The van der Waals surface area contributed by atoms with Crippen LogP contribution in [-0.2, 0) is 17.8 Å². The van der Waals surface area contributed by atoms with Gasteiger partial charge in [-0.1, -0.05) is 54.6 Å². The summed E-state index contributed by atoms with van der Waals surface area (Å²) in [6.07, 6.45) is 1.46. The lowest BCUT2D eigenvalue weighted by atomic mass is 10.1. The van der Waals surface area contributed by atoms with Crippen LogP contribution in [-0.4, -0.2) is 29.3 Å². The van der Waals surface area contributed by atoms with Crippen molar-refractivity contribution >= 4 is 6.09 Å². The van der Waals surface area contributed by atoms with Crippen LogP contribution in [0.5, 0.6) is 0 Å². The van der Waals surface area contributed by atoms with E-state index in [1.165, 1.54) is 5.56 Å². The molecule has 0 aliphatic heterocycles. The van der Waals surface area contributed by atoms with Crippen molar-refractivity contribution in [2.75, 3.05) is 13.2 Å². The van der Waals surface area contributed by atoms with E-state index in [4.69, 9.17) is 4.74 Å². The lowest BCUT2D eigenvalue weighted by Crippen LogP contribution is -2.36. The van der Waals surface area contributed by atoms with Gasteiger partial charge < -0.3 is 9.84 Å². The molecule has 1 N–H and O–H groups in total. The first-order valence-corrected chi connectivity index (χ1v) is 7.95. The SMILES string of the molecule is O=C(OCc1ccccc1)N(CCO)C1CCc2ccccc21. The van der Waals surface area contributed by atoms with Gasteiger partial charge in [0.15, 0.2) is 0 Å². The number of rotatable bonds is 5. The fourth-order valence-corrected chi connectivity index (χ4v) is 3.14.